The fourth-order valence-electron chi connectivity index (χ4n) is 2.25. The molecule has 1 aliphatic rings. The highest BCUT2D eigenvalue weighted by Crippen LogP contribution is 2.27. The SMILES string of the molecule is CC(=O)N1CCOC(c2ccccc2)C1C. The summed E-state index contributed by atoms with van der Waals surface area (Å²) in [5.41, 5.74) is 1.14. The molecular formula is C13H17NO2. The van der Waals surface area contributed by atoms with E-state index < -0.39 is 0 Å². The van der Waals surface area contributed by atoms with E-state index in [1.165, 1.54) is 0 Å². The van der Waals surface area contributed by atoms with E-state index in [2.05, 4.69) is 0 Å². The number of ether oxygens (including phenoxy) is 1. The zero-order valence-corrected chi connectivity index (χ0v) is 9.72. The zero-order valence-electron chi connectivity index (χ0n) is 9.72. The average Bonchev–Trinajstić information content (AvgIpc) is 2.30. The van der Waals surface area contributed by atoms with Gasteiger partial charge < -0.3 is 9.64 Å². The zero-order chi connectivity index (χ0) is 11.5. The Morgan fingerprint density at radius 1 is 1.38 bits per heavy atom. The Bertz CT molecular complexity index is 363. The quantitative estimate of drug-likeness (QED) is 0.723. The maximum atomic E-state index is 11.5. The fraction of sp³-hybridized carbons (Fsp3) is 0.462. The smallest absolute Gasteiger partial charge is 0.219 e. The van der Waals surface area contributed by atoms with Crippen LogP contribution in [0.1, 0.15) is 25.5 Å². The molecule has 0 N–H and O–H groups in total. The average molecular weight is 219 g/mol. The number of hydrogen-bond acceptors (Lipinski definition) is 2. The van der Waals surface area contributed by atoms with Gasteiger partial charge in [0.15, 0.2) is 0 Å². The van der Waals surface area contributed by atoms with Crippen LogP contribution in [0.4, 0.5) is 0 Å². The molecule has 0 bridgehead atoms. The van der Waals surface area contributed by atoms with Crippen molar-refractivity contribution >= 4 is 5.91 Å². The first kappa shape index (κ1) is 11.1. The van der Waals surface area contributed by atoms with Gasteiger partial charge in [0.1, 0.15) is 6.10 Å². The van der Waals surface area contributed by atoms with Crippen LogP contribution in [0.2, 0.25) is 0 Å². The molecule has 1 aromatic rings. The van der Waals surface area contributed by atoms with Crippen LogP contribution in [0.5, 0.6) is 0 Å². The van der Waals surface area contributed by atoms with E-state index in [9.17, 15) is 4.79 Å². The lowest BCUT2D eigenvalue weighted by molar-refractivity contribution is -0.143. The summed E-state index contributed by atoms with van der Waals surface area (Å²) in [6.07, 6.45) is -0.00106. The van der Waals surface area contributed by atoms with E-state index >= 15 is 0 Å². The summed E-state index contributed by atoms with van der Waals surface area (Å²) in [6.45, 7) is 4.96. The van der Waals surface area contributed by atoms with Crippen LogP contribution < -0.4 is 0 Å². The van der Waals surface area contributed by atoms with E-state index in [-0.39, 0.29) is 18.1 Å². The molecule has 2 atom stereocenters. The van der Waals surface area contributed by atoms with Gasteiger partial charge in [0.25, 0.3) is 0 Å². The largest absolute Gasteiger partial charge is 0.370 e. The van der Waals surface area contributed by atoms with Crippen molar-refractivity contribution in [3.8, 4) is 0 Å². The van der Waals surface area contributed by atoms with Crippen molar-refractivity contribution in [3.05, 3.63) is 35.9 Å². The molecule has 1 amide bonds. The third kappa shape index (κ3) is 2.09. The summed E-state index contributed by atoms with van der Waals surface area (Å²) in [6, 6.07) is 10.2. The van der Waals surface area contributed by atoms with Crippen molar-refractivity contribution in [3.63, 3.8) is 0 Å². The molecule has 3 heteroatoms. The van der Waals surface area contributed by atoms with Gasteiger partial charge in [-0.1, -0.05) is 30.3 Å². The minimum absolute atomic E-state index is 0.00106. The van der Waals surface area contributed by atoms with Crippen LogP contribution in [-0.2, 0) is 9.53 Å². The lowest BCUT2D eigenvalue weighted by Crippen LogP contribution is -2.47. The molecule has 1 aromatic carbocycles. The van der Waals surface area contributed by atoms with Crippen molar-refractivity contribution < 1.29 is 9.53 Å². The number of rotatable bonds is 1. The van der Waals surface area contributed by atoms with Gasteiger partial charge in [-0.15, -0.1) is 0 Å². The second kappa shape index (κ2) is 4.66. The Balaban J connectivity index is 2.19. The van der Waals surface area contributed by atoms with Gasteiger partial charge in [-0.3, -0.25) is 4.79 Å². The van der Waals surface area contributed by atoms with Crippen LogP contribution in [0, 0.1) is 0 Å². The summed E-state index contributed by atoms with van der Waals surface area (Å²) in [5, 5.41) is 0. The Morgan fingerprint density at radius 2 is 2.06 bits per heavy atom. The molecule has 2 unspecified atom stereocenters. The van der Waals surface area contributed by atoms with E-state index in [1.54, 1.807) is 6.92 Å². The second-order valence-electron chi connectivity index (χ2n) is 4.16. The van der Waals surface area contributed by atoms with Gasteiger partial charge in [0.05, 0.1) is 12.6 Å². The van der Waals surface area contributed by atoms with Crippen LogP contribution in [0.3, 0.4) is 0 Å². The third-order valence-electron chi connectivity index (χ3n) is 3.09. The highest BCUT2D eigenvalue weighted by atomic mass is 16.5. The number of carbonyl (C=O) groups excluding carboxylic acids is 1. The maximum absolute atomic E-state index is 11.5. The first-order chi connectivity index (χ1) is 7.70. The normalized spacial score (nSPS) is 25.5. The second-order valence-corrected chi connectivity index (χ2v) is 4.16. The molecule has 0 saturated carbocycles. The molecule has 1 heterocycles. The van der Waals surface area contributed by atoms with Crippen molar-refractivity contribution in [2.75, 3.05) is 13.2 Å². The Kier molecular flexibility index (Phi) is 3.25. The van der Waals surface area contributed by atoms with Crippen LogP contribution in [0.25, 0.3) is 0 Å². The number of carbonyl (C=O) groups is 1. The summed E-state index contributed by atoms with van der Waals surface area (Å²) in [5.74, 6) is 0.122. The molecule has 3 nitrogen and oxygen atoms in total. The number of morpholine rings is 1. The Hall–Kier alpha value is -1.35. The predicted octanol–water partition coefficient (Wildman–Crippen LogP) is 1.99. The first-order valence-corrected chi connectivity index (χ1v) is 5.64. The van der Waals surface area contributed by atoms with Gasteiger partial charge in [0, 0.05) is 13.5 Å². The number of amides is 1. The standard InChI is InChI=1S/C13H17NO2/c1-10-13(12-6-4-3-5-7-12)16-9-8-14(10)11(2)15/h3-7,10,13H,8-9H2,1-2H3. The predicted molar refractivity (Wildman–Crippen MR) is 62.0 cm³/mol. The molecule has 0 aliphatic carbocycles. The number of benzene rings is 1. The van der Waals surface area contributed by atoms with Crippen molar-refractivity contribution in [2.24, 2.45) is 0 Å². The molecule has 86 valence electrons. The van der Waals surface area contributed by atoms with Crippen LogP contribution in [0.15, 0.2) is 30.3 Å². The number of nitrogens with zero attached hydrogens (tertiary/aromatic N) is 1. The molecule has 0 spiro atoms. The highest BCUT2D eigenvalue weighted by Gasteiger charge is 2.31. The van der Waals surface area contributed by atoms with E-state index in [0.717, 1.165) is 5.56 Å². The molecule has 1 fully saturated rings. The van der Waals surface area contributed by atoms with Crippen molar-refractivity contribution in [2.45, 2.75) is 26.0 Å². The van der Waals surface area contributed by atoms with E-state index in [1.807, 2.05) is 42.2 Å². The Labute approximate surface area is 96.0 Å². The minimum atomic E-state index is -0.00106. The molecule has 2 rings (SSSR count). The first-order valence-electron chi connectivity index (χ1n) is 5.64. The van der Waals surface area contributed by atoms with Crippen LogP contribution >= 0.6 is 0 Å². The molecule has 0 aromatic heterocycles. The molecule has 16 heavy (non-hydrogen) atoms. The fourth-order valence-corrected chi connectivity index (χ4v) is 2.25. The topological polar surface area (TPSA) is 29.5 Å². The van der Waals surface area contributed by atoms with Gasteiger partial charge in [-0.2, -0.15) is 0 Å². The van der Waals surface area contributed by atoms with Crippen molar-refractivity contribution in [1.29, 1.82) is 0 Å². The molecule has 1 aliphatic heterocycles. The third-order valence-corrected chi connectivity index (χ3v) is 3.09. The Morgan fingerprint density at radius 3 is 2.69 bits per heavy atom. The summed E-state index contributed by atoms with van der Waals surface area (Å²) >= 11 is 0. The van der Waals surface area contributed by atoms with Gasteiger partial charge in [-0.25, -0.2) is 0 Å². The lowest BCUT2D eigenvalue weighted by Gasteiger charge is -2.39. The summed E-state index contributed by atoms with van der Waals surface area (Å²) in [7, 11) is 0. The van der Waals surface area contributed by atoms with Gasteiger partial charge >= 0.3 is 0 Å². The van der Waals surface area contributed by atoms with Crippen molar-refractivity contribution in [1.82, 2.24) is 4.90 Å². The molecule has 1 saturated heterocycles. The highest BCUT2D eigenvalue weighted by molar-refractivity contribution is 5.73. The maximum Gasteiger partial charge on any atom is 0.219 e. The number of hydrogen-bond donors (Lipinski definition) is 0. The minimum Gasteiger partial charge on any atom is -0.370 e. The van der Waals surface area contributed by atoms with E-state index in [0.29, 0.717) is 13.2 Å². The van der Waals surface area contributed by atoms with Gasteiger partial charge in [0.2, 0.25) is 5.91 Å². The van der Waals surface area contributed by atoms with Crippen LogP contribution in [-0.4, -0.2) is 30.0 Å². The summed E-state index contributed by atoms with van der Waals surface area (Å²) in [4.78, 5) is 13.3. The monoisotopic (exact) mass is 219 g/mol. The van der Waals surface area contributed by atoms with Gasteiger partial charge in [-0.05, 0) is 12.5 Å². The lowest BCUT2D eigenvalue weighted by atomic mass is 10.0. The summed E-state index contributed by atoms with van der Waals surface area (Å²) < 4.78 is 5.76. The molecule has 0 radical (unpaired) electrons. The van der Waals surface area contributed by atoms with E-state index in [4.69, 9.17) is 4.74 Å². The molecular weight excluding hydrogens is 202 g/mol.